The van der Waals surface area contributed by atoms with E-state index in [1.165, 1.54) is 0 Å². The Morgan fingerprint density at radius 3 is 2.90 bits per heavy atom. The minimum Gasteiger partial charge on any atom is -0.481 e. The SMILES string of the molecule is Cc1cc(Cl)ccc1-n1cc(CCCCC(=O)O)nn1. The van der Waals surface area contributed by atoms with Gasteiger partial charge in [-0.2, -0.15) is 0 Å². The molecule has 2 rings (SSSR count). The van der Waals surface area contributed by atoms with Crippen molar-refractivity contribution in [2.75, 3.05) is 0 Å². The number of aliphatic carboxylic acids is 1. The van der Waals surface area contributed by atoms with Crippen LogP contribution in [0.3, 0.4) is 0 Å². The third kappa shape index (κ3) is 3.81. The van der Waals surface area contributed by atoms with Gasteiger partial charge in [0.15, 0.2) is 0 Å². The highest BCUT2D eigenvalue weighted by Gasteiger charge is 2.06. The Bertz CT molecular complexity index is 610. The lowest BCUT2D eigenvalue weighted by Crippen LogP contribution is -1.97. The Kier molecular flexibility index (Phi) is 4.74. The molecule has 0 spiro atoms. The summed E-state index contributed by atoms with van der Waals surface area (Å²) in [4.78, 5) is 10.4. The lowest BCUT2D eigenvalue weighted by atomic mass is 10.1. The second-order valence-corrected chi connectivity index (χ2v) is 5.12. The second-order valence-electron chi connectivity index (χ2n) is 4.69. The van der Waals surface area contributed by atoms with Crippen LogP contribution in [0.2, 0.25) is 5.02 Å². The van der Waals surface area contributed by atoms with Crippen LogP contribution in [0, 0.1) is 6.92 Å². The molecule has 5 nitrogen and oxygen atoms in total. The van der Waals surface area contributed by atoms with Crippen LogP contribution in [-0.4, -0.2) is 26.1 Å². The van der Waals surface area contributed by atoms with Gasteiger partial charge in [-0.3, -0.25) is 4.79 Å². The molecular formula is C14H16ClN3O2. The van der Waals surface area contributed by atoms with E-state index in [2.05, 4.69) is 10.3 Å². The van der Waals surface area contributed by atoms with Crippen LogP contribution in [0.5, 0.6) is 0 Å². The monoisotopic (exact) mass is 293 g/mol. The number of carboxylic acid groups (broad SMARTS) is 1. The molecule has 2 aromatic rings. The minimum atomic E-state index is -0.759. The molecule has 1 aromatic heterocycles. The van der Waals surface area contributed by atoms with Gasteiger partial charge in [-0.1, -0.05) is 16.8 Å². The first-order valence-electron chi connectivity index (χ1n) is 6.46. The van der Waals surface area contributed by atoms with Gasteiger partial charge in [0.05, 0.1) is 17.6 Å². The standard InChI is InChI=1S/C14H16ClN3O2/c1-10-8-11(15)6-7-13(10)18-9-12(16-17-18)4-2-3-5-14(19)20/h6-9H,2-5H2,1H3,(H,19,20). The number of hydrogen-bond donors (Lipinski definition) is 1. The minimum absolute atomic E-state index is 0.199. The summed E-state index contributed by atoms with van der Waals surface area (Å²) < 4.78 is 1.72. The lowest BCUT2D eigenvalue weighted by Gasteiger charge is -2.04. The predicted octanol–water partition coefficient (Wildman–Crippen LogP) is 3.03. The third-order valence-corrected chi connectivity index (χ3v) is 3.26. The average molecular weight is 294 g/mol. The molecular weight excluding hydrogens is 278 g/mol. The predicted molar refractivity (Wildman–Crippen MR) is 76.3 cm³/mol. The molecule has 20 heavy (non-hydrogen) atoms. The maximum atomic E-state index is 10.4. The number of aryl methyl sites for hydroxylation is 2. The molecule has 1 aromatic carbocycles. The van der Waals surface area contributed by atoms with E-state index in [0.717, 1.165) is 29.8 Å². The fourth-order valence-corrected chi connectivity index (χ4v) is 2.22. The second kappa shape index (κ2) is 6.52. The van der Waals surface area contributed by atoms with Gasteiger partial charge in [-0.15, -0.1) is 5.10 Å². The molecule has 0 unspecified atom stereocenters. The lowest BCUT2D eigenvalue weighted by molar-refractivity contribution is -0.137. The summed E-state index contributed by atoms with van der Waals surface area (Å²) in [5, 5.41) is 17.5. The van der Waals surface area contributed by atoms with E-state index in [9.17, 15) is 4.79 Å². The quantitative estimate of drug-likeness (QED) is 0.831. The van der Waals surface area contributed by atoms with Crippen LogP contribution in [0.15, 0.2) is 24.4 Å². The van der Waals surface area contributed by atoms with Crippen LogP contribution in [0.1, 0.15) is 30.5 Å². The number of carboxylic acids is 1. The van der Waals surface area contributed by atoms with Crippen LogP contribution >= 0.6 is 11.6 Å². The van der Waals surface area contributed by atoms with Gasteiger partial charge in [0, 0.05) is 11.4 Å². The number of rotatable bonds is 6. The van der Waals surface area contributed by atoms with Gasteiger partial charge < -0.3 is 5.11 Å². The maximum absolute atomic E-state index is 10.4. The molecule has 0 saturated carbocycles. The molecule has 0 aliphatic carbocycles. The van der Waals surface area contributed by atoms with Crippen molar-refractivity contribution in [3.8, 4) is 5.69 Å². The number of aromatic nitrogens is 3. The summed E-state index contributed by atoms with van der Waals surface area (Å²) in [6, 6.07) is 5.60. The van der Waals surface area contributed by atoms with Crippen LogP contribution in [0.25, 0.3) is 5.69 Å². The number of carbonyl (C=O) groups is 1. The first-order chi connectivity index (χ1) is 9.56. The van der Waals surface area contributed by atoms with Crippen molar-refractivity contribution in [3.05, 3.63) is 40.7 Å². The van der Waals surface area contributed by atoms with E-state index in [1.807, 2.05) is 31.3 Å². The van der Waals surface area contributed by atoms with Crippen molar-refractivity contribution in [3.63, 3.8) is 0 Å². The van der Waals surface area contributed by atoms with Crippen LogP contribution < -0.4 is 0 Å². The van der Waals surface area contributed by atoms with Gasteiger partial charge in [-0.05, 0) is 49.9 Å². The van der Waals surface area contributed by atoms with E-state index < -0.39 is 5.97 Å². The fourth-order valence-electron chi connectivity index (χ4n) is 1.99. The van der Waals surface area contributed by atoms with Gasteiger partial charge >= 0.3 is 5.97 Å². The fraction of sp³-hybridized carbons (Fsp3) is 0.357. The molecule has 6 heteroatoms. The number of unbranched alkanes of at least 4 members (excludes halogenated alkanes) is 1. The zero-order valence-corrected chi connectivity index (χ0v) is 12.0. The van der Waals surface area contributed by atoms with Crippen molar-refractivity contribution >= 4 is 17.6 Å². The van der Waals surface area contributed by atoms with E-state index in [0.29, 0.717) is 11.4 Å². The Balaban J connectivity index is 1.99. The number of benzene rings is 1. The first kappa shape index (κ1) is 14.5. The largest absolute Gasteiger partial charge is 0.481 e. The summed E-state index contributed by atoms with van der Waals surface area (Å²) in [6.07, 6.45) is 4.26. The smallest absolute Gasteiger partial charge is 0.303 e. The highest BCUT2D eigenvalue weighted by Crippen LogP contribution is 2.18. The Morgan fingerprint density at radius 2 is 2.20 bits per heavy atom. The van der Waals surface area contributed by atoms with Crippen LogP contribution in [-0.2, 0) is 11.2 Å². The van der Waals surface area contributed by atoms with Crippen molar-refractivity contribution in [2.45, 2.75) is 32.6 Å². The number of hydrogen-bond acceptors (Lipinski definition) is 3. The van der Waals surface area contributed by atoms with Crippen molar-refractivity contribution in [2.24, 2.45) is 0 Å². The van der Waals surface area contributed by atoms with Gasteiger partial charge in [0.25, 0.3) is 0 Å². The summed E-state index contributed by atoms with van der Waals surface area (Å²) in [7, 11) is 0. The molecule has 0 radical (unpaired) electrons. The van der Waals surface area contributed by atoms with E-state index >= 15 is 0 Å². The molecule has 0 saturated heterocycles. The van der Waals surface area contributed by atoms with Crippen LogP contribution in [0.4, 0.5) is 0 Å². The zero-order chi connectivity index (χ0) is 14.5. The molecule has 1 heterocycles. The van der Waals surface area contributed by atoms with Crippen molar-refractivity contribution in [1.82, 2.24) is 15.0 Å². The Hall–Kier alpha value is -1.88. The highest BCUT2D eigenvalue weighted by atomic mass is 35.5. The zero-order valence-electron chi connectivity index (χ0n) is 11.2. The van der Waals surface area contributed by atoms with E-state index in [1.54, 1.807) is 4.68 Å². The van der Waals surface area contributed by atoms with Crippen molar-refractivity contribution in [1.29, 1.82) is 0 Å². The molecule has 1 N–H and O–H groups in total. The summed E-state index contributed by atoms with van der Waals surface area (Å²) >= 11 is 5.93. The van der Waals surface area contributed by atoms with E-state index in [-0.39, 0.29) is 6.42 Å². The third-order valence-electron chi connectivity index (χ3n) is 3.02. The van der Waals surface area contributed by atoms with Gasteiger partial charge in [0.1, 0.15) is 0 Å². The molecule has 0 aliphatic rings. The van der Waals surface area contributed by atoms with Gasteiger partial charge in [0.2, 0.25) is 0 Å². The number of nitrogens with zero attached hydrogens (tertiary/aromatic N) is 3. The Labute approximate surface area is 122 Å². The normalized spacial score (nSPS) is 10.7. The van der Waals surface area contributed by atoms with Crippen molar-refractivity contribution < 1.29 is 9.90 Å². The first-order valence-corrected chi connectivity index (χ1v) is 6.83. The molecule has 0 bridgehead atoms. The highest BCUT2D eigenvalue weighted by molar-refractivity contribution is 6.30. The van der Waals surface area contributed by atoms with Gasteiger partial charge in [-0.25, -0.2) is 4.68 Å². The summed E-state index contributed by atoms with van der Waals surface area (Å²) in [5.74, 6) is -0.759. The molecule has 0 amide bonds. The maximum Gasteiger partial charge on any atom is 0.303 e. The molecule has 106 valence electrons. The molecule has 0 atom stereocenters. The molecule has 0 aliphatic heterocycles. The summed E-state index contributed by atoms with van der Waals surface area (Å²) in [5.41, 5.74) is 2.84. The molecule has 0 fully saturated rings. The number of halogens is 1. The Morgan fingerprint density at radius 1 is 1.40 bits per heavy atom. The average Bonchev–Trinajstić information content (AvgIpc) is 2.83. The topological polar surface area (TPSA) is 68.0 Å². The summed E-state index contributed by atoms with van der Waals surface area (Å²) in [6.45, 7) is 1.97. The van der Waals surface area contributed by atoms with E-state index in [4.69, 9.17) is 16.7 Å².